The maximum absolute atomic E-state index is 13.9. The summed E-state index contributed by atoms with van der Waals surface area (Å²) >= 11 is 0. The second-order valence-corrected chi connectivity index (χ2v) is 8.27. The van der Waals surface area contributed by atoms with Crippen LogP contribution < -0.4 is 5.43 Å². The number of piperidine rings is 2. The van der Waals surface area contributed by atoms with Crippen LogP contribution in [-0.4, -0.2) is 58.3 Å². The Morgan fingerprint density at radius 3 is 2.54 bits per heavy atom. The Hall–Kier alpha value is -1.70. The summed E-state index contributed by atoms with van der Waals surface area (Å²) < 4.78 is 27.9. The zero-order valence-corrected chi connectivity index (χ0v) is 15.0. The third-order valence-corrected chi connectivity index (χ3v) is 6.66. The molecule has 0 aromatic rings. The van der Waals surface area contributed by atoms with Gasteiger partial charge in [0.15, 0.2) is 0 Å². The first-order valence-corrected chi connectivity index (χ1v) is 9.46. The summed E-state index contributed by atoms with van der Waals surface area (Å²) in [6.45, 7) is 4.32. The maximum Gasteiger partial charge on any atom is 0.303 e. The molecule has 3 N–H and O–H groups in total. The van der Waals surface area contributed by atoms with Crippen LogP contribution in [0.2, 0.25) is 0 Å². The molecule has 3 unspecified atom stereocenters. The van der Waals surface area contributed by atoms with Gasteiger partial charge in [-0.25, -0.2) is 5.01 Å². The number of nitrogens with zero attached hydrogens (tertiary/aromatic N) is 2. The molecule has 2 aliphatic carbocycles. The van der Waals surface area contributed by atoms with E-state index in [2.05, 4.69) is 17.2 Å². The number of aliphatic carboxylic acids is 1. The lowest BCUT2D eigenvalue weighted by atomic mass is 9.60. The second kappa shape index (κ2) is 6.18. The number of hydrogen-bond acceptors (Lipinski definition) is 5. The summed E-state index contributed by atoms with van der Waals surface area (Å²) in [5.74, 6) is -2.36. The van der Waals surface area contributed by atoms with Crippen molar-refractivity contribution < 1.29 is 18.7 Å². The number of fused-ring (bicyclic) bond motifs is 2. The van der Waals surface area contributed by atoms with Crippen molar-refractivity contribution in [3.8, 4) is 0 Å². The number of rotatable bonds is 5. The van der Waals surface area contributed by atoms with E-state index in [1.807, 2.05) is 5.01 Å². The van der Waals surface area contributed by atoms with Gasteiger partial charge in [0, 0.05) is 44.1 Å². The van der Waals surface area contributed by atoms with Gasteiger partial charge in [-0.15, -0.1) is 0 Å². The summed E-state index contributed by atoms with van der Waals surface area (Å²) in [5.41, 5.74) is 3.19. The number of allylic oxidation sites excluding steroid dienone is 1. The predicted octanol–water partition coefficient (Wildman–Crippen LogP) is 2.29. The highest BCUT2D eigenvalue weighted by atomic mass is 19.3. The molecule has 3 heterocycles. The number of halogens is 2. The van der Waals surface area contributed by atoms with E-state index in [-0.39, 0.29) is 25.2 Å². The molecule has 2 bridgehead atoms. The molecule has 0 aromatic heterocycles. The summed E-state index contributed by atoms with van der Waals surface area (Å²) in [6.07, 6.45) is 2.19. The molecule has 6 nitrogen and oxygen atoms in total. The van der Waals surface area contributed by atoms with Gasteiger partial charge < -0.3 is 15.4 Å². The third-order valence-electron chi connectivity index (χ3n) is 6.66. The van der Waals surface area contributed by atoms with Crippen LogP contribution in [0.5, 0.6) is 0 Å². The lowest BCUT2D eigenvalue weighted by molar-refractivity contribution is -0.143. The molecule has 8 heteroatoms. The van der Waals surface area contributed by atoms with Crippen LogP contribution in [0, 0.1) is 23.2 Å². The molecule has 26 heavy (non-hydrogen) atoms. The van der Waals surface area contributed by atoms with E-state index in [1.54, 1.807) is 0 Å². The van der Waals surface area contributed by atoms with E-state index >= 15 is 0 Å². The van der Waals surface area contributed by atoms with E-state index in [0.717, 1.165) is 19.4 Å². The fraction of sp³-hybridized carbons (Fsp3) is 0.778. The van der Waals surface area contributed by atoms with Gasteiger partial charge in [0.25, 0.3) is 5.92 Å². The Labute approximate surface area is 151 Å². The van der Waals surface area contributed by atoms with Gasteiger partial charge in [-0.1, -0.05) is 0 Å². The number of carbonyl (C=O) groups is 1. The highest BCUT2D eigenvalue weighted by Crippen LogP contribution is 2.49. The smallest absolute Gasteiger partial charge is 0.303 e. The summed E-state index contributed by atoms with van der Waals surface area (Å²) in [6, 6.07) is 0.348. The van der Waals surface area contributed by atoms with Gasteiger partial charge in [-0.2, -0.15) is 8.78 Å². The van der Waals surface area contributed by atoms with Gasteiger partial charge in [0.1, 0.15) is 11.5 Å². The van der Waals surface area contributed by atoms with Crippen molar-refractivity contribution in [3.63, 3.8) is 0 Å². The van der Waals surface area contributed by atoms with Gasteiger partial charge in [0.2, 0.25) is 0 Å². The first-order valence-electron chi connectivity index (χ1n) is 9.46. The standard InChI is InChI=1S/C18H26F2N4O2/c1-10-3-5-24(10)22-17(13-2-4-18(19,20)16(13)21)23-8-11-6-12(9-23)14(11)7-15(25)26/h10-12,14,21-22H,2-9H2,1H3,(H,25,26)/b17-13+,21-16?. The van der Waals surface area contributed by atoms with Crippen molar-refractivity contribution >= 4 is 11.7 Å². The Morgan fingerprint density at radius 2 is 2.08 bits per heavy atom. The predicted molar refractivity (Wildman–Crippen MR) is 91.8 cm³/mol. The molecule has 5 fully saturated rings. The van der Waals surface area contributed by atoms with Crippen molar-refractivity contribution in [1.82, 2.24) is 15.3 Å². The van der Waals surface area contributed by atoms with Crippen molar-refractivity contribution in [3.05, 3.63) is 11.4 Å². The molecule has 144 valence electrons. The van der Waals surface area contributed by atoms with Crippen LogP contribution in [0.3, 0.4) is 0 Å². The summed E-state index contributed by atoms with van der Waals surface area (Å²) in [4.78, 5) is 13.1. The zero-order valence-electron chi connectivity index (χ0n) is 15.0. The fourth-order valence-electron chi connectivity index (χ4n) is 4.84. The lowest BCUT2D eigenvalue weighted by Crippen LogP contribution is -2.60. The van der Waals surface area contributed by atoms with Crippen LogP contribution in [0.15, 0.2) is 11.4 Å². The number of alkyl halides is 2. The second-order valence-electron chi connectivity index (χ2n) is 8.27. The van der Waals surface area contributed by atoms with Gasteiger partial charge >= 0.3 is 5.97 Å². The molecule has 3 atom stereocenters. The van der Waals surface area contributed by atoms with Crippen LogP contribution in [-0.2, 0) is 4.79 Å². The first-order chi connectivity index (χ1) is 12.3. The molecule has 3 saturated heterocycles. The Kier molecular flexibility index (Phi) is 4.21. The molecule has 2 saturated carbocycles. The van der Waals surface area contributed by atoms with E-state index in [9.17, 15) is 13.6 Å². The van der Waals surface area contributed by atoms with Crippen LogP contribution in [0.25, 0.3) is 0 Å². The molecule has 0 amide bonds. The maximum atomic E-state index is 13.9. The van der Waals surface area contributed by atoms with E-state index in [0.29, 0.717) is 42.4 Å². The minimum absolute atomic E-state index is 0.194. The average Bonchev–Trinajstić information content (AvgIpc) is 2.86. The third kappa shape index (κ3) is 2.88. The summed E-state index contributed by atoms with van der Waals surface area (Å²) in [5, 5.41) is 19.1. The number of carboxylic acid groups (broad SMARTS) is 1. The van der Waals surface area contributed by atoms with Crippen LogP contribution >= 0.6 is 0 Å². The minimum Gasteiger partial charge on any atom is -0.481 e. The molecule has 3 aliphatic heterocycles. The molecule has 0 radical (unpaired) electrons. The van der Waals surface area contributed by atoms with Crippen LogP contribution in [0.4, 0.5) is 8.78 Å². The number of hydrazine groups is 1. The van der Waals surface area contributed by atoms with Gasteiger partial charge in [-0.3, -0.25) is 10.2 Å². The Bertz CT molecular complexity index is 654. The van der Waals surface area contributed by atoms with E-state index < -0.39 is 17.6 Å². The molecule has 5 aliphatic rings. The van der Waals surface area contributed by atoms with E-state index in [1.165, 1.54) is 0 Å². The van der Waals surface area contributed by atoms with Crippen molar-refractivity contribution in [2.45, 2.75) is 51.0 Å². The molecular weight excluding hydrogens is 342 g/mol. The van der Waals surface area contributed by atoms with Crippen molar-refractivity contribution in [2.75, 3.05) is 19.6 Å². The highest BCUT2D eigenvalue weighted by molar-refractivity contribution is 6.05. The Balaban J connectivity index is 1.55. The zero-order chi connectivity index (χ0) is 18.6. The molecule has 0 spiro atoms. The highest BCUT2D eigenvalue weighted by Gasteiger charge is 2.50. The number of hydrogen-bond donors (Lipinski definition) is 3. The van der Waals surface area contributed by atoms with Gasteiger partial charge in [-0.05, 0) is 43.9 Å². The number of nitrogens with one attached hydrogen (secondary N) is 2. The Morgan fingerprint density at radius 1 is 1.38 bits per heavy atom. The van der Waals surface area contributed by atoms with E-state index in [4.69, 9.17) is 10.5 Å². The topological polar surface area (TPSA) is 79.7 Å². The normalized spacial score (nSPS) is 37.8. The first kappa shape index (κ1) is 17.7. The van der Waals surface area contributed by atoms with Crippen LogP contribution in [0.1, 0.15) is 39.0 Å². The largest absolute Gasteiger partial charge is 0.481 e. The van der Waals surface area contributed by atoms with Gasteiger partial charge in [0.05, 0.1) is 0 Å². The average molecular weight is 368 g/mol. The minimum atomic E-state index is -3.05. The number of carboxylic acids is 1. The molecular formula is C18H26F2N4O2. The lowest BCUT2D eigenvalue weighted by Gasteiger charge is -2.55. The molecule has 0 aromatic carbocycles. The fourth-order valence-corrected chi connectivity index (χ4v) is 4.84. The van der Waals surface area contributed by atoms with Crippen molar-refractivity contribution in [1.29, 1.82) is 5.41 Å². The monoisotopic (exact) mass is 368 g/mol. The van der Waals surface area contributed by atoms with Crippen molar-refractivity contribution in [2.24, 2.45) is 17.8 Å². The quantitative estimate of drug-likeness (QED) is 0.694. The molecule has 5 rings (SSSR count). The summed E-state index contributed by atoms with van der Waals surface area (Å²) in [7, 11) is 0. The SMILES string of the molecule is CC1CCN1N/C(=C1/CCC(F)(F)C1=N)N1CC2CC(C1)C2CC(=O)O.